The normalized spacial score (nSPS) is 17.2. The van der Waals surface area contributed by atoms with Gasteiger partial charge in [0, 0.05) is 43.7 Å². The van der Waals surface area contributed by atoms with Gasteiger partial charge < -0.3 is 9.64 Å². The number of hydrogen-bond donors (Lipinski definition) is 0. The maximum absolute atomic E-state index is 5.42. The van der Waals surface area contributed by atoms with Gasteiger partial charge in [0.25, 0.3) is 0 Å². The summed E-state index contributed by atoms with van der Waals surface area (Å²) in [5.74, 6) is 1.83. The highest BCUT2D eigenvalue weighted by Gasteiger charge is 2.20. The first kappa shape index (κ1) is 13.4. The quantitative estimate of drug-likeness (QED) is 0.798. The molecule has 6 heteroatoms. The lowest BCUT2D eigenvalue weighted by molar-refractivity contribution is 0.0685. The van der Waals surface area contributed by atoms with Gasteiger partial charge in [-0.2, -0.15) is 0 Å². The molecule has 1 aliphatic heterocycles. The van der Waals surface area contributed by atoms with Crippen molar-refractivity contribution in [2.24, 2.45) is 5.92 Å². The van der Waals surface area contributed by atoms with Crippen LogP contribution in [0.15, 0.2) is 11.6 Å². The molecule has 4 nitrogen and oxygen atoms in total. The van der Waals surface area contributed by atoms with E-state index < -0.39 is 0 Å². The highest BCUT2D eigenvalue weighted by atomic mass is 79.9. The van der Waals surface area contributed by atoms with Gasteiger partial charge in [0.15, 0.2) is 10.8 Å². The van der Waals surface area contributed by atoms with Gasteiger partial charge in [0.05, 0.1) is 5.69 Å². The number of nitrogens with zero attached hydrogens (tertiary/aromatic N) is 3. The Bertz CT molecular complexity index is 547. The maximum Gasteiger partial charge on any atom is 0.195 e. The third-order valence-electron chi connectivity index (χ3n) is 3.70. The summed E-state index contributed by atoms with van der Waals surface area (Å²) in [6.45, 7) is 2.87. The van der Waals surface area contributed by atoms with Gasteiger partial charge in [-0.15, -0.1) is 11.3 Å². The van der Waals surface area contributed by atoms with Crippen molar-refractivity contribution in [2.45, 2.75) is 18.2 Å². The first-order valence-corrected chi connectivity index (χ1v) is 8.59. The molecule has 1 aliphatic rings. The average molecular weight is 344 g/mol. The molecule has 0 aromatic carbocycles. The van der Waals surface area contributed by atoms with Gasteiger partial charge in [-0.25, -0.2) is 4.98 Å². The monoisotopic (exact) mass is 343 g/mol. The number of halogens is 1. The van der Waals surface area contributed by atoms with E-state index in [0.29, 0.717) is 0 Å². The Kier molecular flexibility index (Phi) is 4.10. The standard InChI is InChI=1S/C13H18BrN3OS/c1-16(9-10-2-5-18-6-3-10)12-11(8-14)17-4-7-19-13(17)15-12/h4,7,10H,2-3,5-6,8-9H2,1H3. The van der Waals surface area contributed by atoms with Crippen LogP contribution in [0, 0.1) is 5.92 Å². The van der Waals surface area contributed by atoms with Crippen LogP contribution in [0.4, 0.5) is 5.82 Å². The Morgan fingerprint density at radius 3 is 3.05 bits per heavy atom. The van der Waals surface area contributed by atoms with E-state index in [0.717, 1.165) is 54.6 Å². The first-order chi connectivity index (χ1) is 9.29. The fourth-order valence-electron chi connectivity index (χ4n) is 2.65. The van der Waals surface area contributed by atoms with Crippen molar-refractivity contribution < 1.29 is 4.74 Å². The minimum Gasteiger partial charge on any atom is -0.381 e. The number of rotatable bonds is 4. The smallest absolute Gasteiger partial charge is 0.195 e. The Hall–Kier alpha value is -0.590. The Morgan fingerprint density at radius 1 is 1.53 bits per heavy atom. The summed E-state index contributed by atoms with van der Waals surface area (Å²) in [7, 11) is 2.15. The zero-order chi connectivity index (χ0) is 13.2. The average Bonchev–Trinajstić information content (AvgIpc) is 2.99. The Morgan fingerprint density at radius 2 is 2.32 bits per heavy atom. The lowest BCUT2D eigenvalue weighted by Gasteiger charge is -2.27. The molecule has 0 unspecified atom stereocenters. The molecule has 0 aliphatic carbocycles. The van der Waals surface area contributed by atoms with Gasteiger partial charge in [0.2, 0.25) is 0 Å². The van der Waals surface area contributed by atoms with Gasteiger partial charge in [-0.1, -0.05) is 15.9 Å². The fourth-order valence-corrected chi connectivity index (χ4v) is 3.90. The summed E-state index contributed by atoms with van der Waals surface area (Å²) in [6, 6.07) is 0. The summed E-state index contributed by atoms with van der Waals surface area (Å²) in [5.41, 5.74) is 1.24. The zero-order valence-corrected chi connectivity index (χ0v) is 13.4. The molecule has 3 heterocycles. The summed E-state index contributed by atoms with van der Waals surface area (Å²) >= 11 is 5.27. The van der Waals surface area contributed by atoms with Crippen LogP contribution in [0.25, 0.3) is 4.96 Å². The van der Waals surface area contributed by atoms with Crippen LogP contribution in [-0.2, 0) is 10.1 Å². The number of fused-ring (bicyclic) bond motifs is 1. The number of imidazole rings is 1. The third kappa shape index (κ3) is 2.66. The molecule has 1 saturated heterocycles. The summed E-state index contributed by atoms with van der Waals surface area (Å²) < 4.78 is 7.60. The number of hydrogen-bond acceptors (Lipinski definition) is 4. The number of anilines is 1. The van der Waals surface area contributed by atoms with Crippen molar-refractivity contribution in [1.82, 2.24) is 9.38 Å². The molecule has 2 aromatic rings. The minimum absolute atomic E-state index is 0.724. The van der Waals surface area contributed by atoms with E-state index in [2.05, 4.69) is 43.9 Å². The molecule has 0 bridgehead atoms. The second-order valence-electron chi connectivity index (χ2n) is 5.01. The Balaban J connectivity index is 1.79. The van der Waals surface area contributed by atoms with Crippen molar-refractivity contribution in [1.29, 1.82) is 0 Å². The number of aromatic nitrogens is 2. The van der Waals surface area contributed by atoms with Crippen molar-refractivity contribution in [3.05, 3.63) is 17.3 Å². The minimum atomic E-state index is 0.724. The van der Waals surface area contributed by atoms with E-state index >= 15 is 0 Å². The molecule has 3 rings (SSSR count). The molecule has 0 saturated carbocycles. The van der Waals surface area contributed by atoms with Crippen LogP contribution in [0.2, 0.25) is 0 Å². The van der Waals surface area contributed by atoms with Crippen LogP contribution in [0.3, 0.4) is 0 Å². The molecule has 0 spiro atoms. The Labute approximate surface area is 125 Å². The molecular weight excluding hydrogens is 326 g/mol. The van der Waals surface area contributed by atoms with Gasteiger partial charge >= 0.3 is 0 Å². The predicted molar refractivity (Wildman–Crippen MR) is 82.5 cm³/mol. The van der Waals surface area contributed by atoms with Gasteiger partial charge in [0.1, 0.15) is 0 Å². The van der Waals surface area contributed by atoms with Crippen molar-refractivity contribution in [3.63, 3.8) is 0 Å². The number of ether oxygens (including phenoxy) is 1. The van der Waals surface area contributed by atoms with E-state index in [1.165, 1.54) is 5.69 Å². The van der Waals surface area contributed by atoms with Crippen LogP contribution in [0.1, 0.15) is 18.5 Å². The fraction of sp³-hybridized carbons (Fsp3) is 0.615. The molecule has 0 radical (unpaired) electrons. The van der Waals surface area contributed by atoms with Crippen LogP contribution >= 0.6 is 27.3 Å². The van der Waals surface area contributed by atoms with Crippen molar-refractivity contribution >= 4 is 38.0 Å². The molecule has 0 amide bonds. The second-order valence-corrected chi connectivity index (χ2v) is 6.44. The van der Waals surface area contributed by atoms with Crippen LogP contribution < -0.4 is 4.90 Å². The topological polar surface area (TPSA) is 29.8 Å². The maximum atomic E-state index is 5.42. The van der Waals surface area contributed by atoms with E-state index in [9.17, 15) is 0 Å². The van der Waals surface area contributed by atoms with Crippen LogP contribution in [0.5, 0.6) is 0 Å². The highest BCUT2D eigenvalue weighted by molar-refractivity contribution is 9.08. The van der Waals surface area contributed by atoms with Crippen molar-refractivity contribution in [3.8, 4) is 0 Å². The molecule has 1 fully saturated rings. The van der Waals surface area contributed by atoms with Crippen LogP contribution in [-0.4, -0.2) is 36.2 Å². The zero-order valence-electron chi connectivity index (χ0n) is 11.0. The molecule has 0 N–H and O–H groups in total. The molecule has 0 atom stereocenters. The SMILES string of the molecule is CN(CC1CCOCC1)c1nc2sccn2c1CBr. The number of alkyl halides is 1. The highest BCUT2D eigenvalue weighted by Crippen LogP contribution is 2.27. The van der Waals surface area contributed by atoms with E-state index in [-0.39, 0.29) is 0 Å². The molecule has 104 valence electrons. The van der Waals surface area contributed by atoms with E-state index in [1.54, 1.807) is 11.3 Å². The summed E-state index contributed by atoms with van der Waals surface area (Å²) in [4.78, 5) is 8.13. The largest absolute Gasteiger partial charge is 0.381 e. The molecule has 2 aromatic heterocycles. The van der Waals surface area contributed by atoms with Gasteiger partial charge in [-0.05, 0) is 18.8 Å². The third-order valence-corrected chi connectivity index (χ3v) is 4.99. The molecule has 19 heavy (non-hydrogen) atoms. The lowest BCUT2D eigenvalue weighted by Crippen LogP contribution is -2.30. The van der Waals surface area contributed by atoms with Gasteiger partial charge in [-0.3, -0.25) is 4.40 Å². The van der Waals surface area contributed by atoms with E-state index in [1.807, 2.05) is 0 Å². The summed E-state index contributed by atoms with van der Waals surface area (Å²) in [6.07, 6.45) is 4.42. The van der Waals surface area contributed by atoms with Crippen molar-refractivity contribution in [2.75, 3.05) is 31.7 Å². The number of thiazole rings is 1. The first-order valence-electron chi connectivity index (χ1n) is 6.59. The lowest BCUT2D eigenvalue weighted by atomic mass is 10.00. The summed E-state index contributed by atoms with van der Waals surface area (Å²) in [5, 5.41) is 2.91. The molecular formula is C13H18BrN3OS. The van der Waals surface area contributed by atoms with E-state index in [4.69, 9.17) is 9.72 Å². The second kappa shape index (κ2) is 5.81. The predicted octanol–water partition coefficient (Wildman–Crippen LogP) is 3.15.